The van der Waals surface area contributed by atoms with Gasteiger partial charge in [-0.1, -0.05) is 0 Å². The maximum absolute atomic E-state index is 10.8. The van der Waals surface area contributed by atoms with Crippen molar-refractivity contribution < 1.29 is 21.5 Å². The summed E-state index contributed by atoms with van der Waals surface area (Å²) in [6.07, 6.45) is 1.97. The summed E-state index contributed by atoms with van der Waals surface area (Å²) in [6, 6.07) is 20.4. The summed E-state index contributed by atoms with van der Waals surface area (Å²) in [6.45, 7) is 0. The predicted octanol–water partition coefficient (Wildman–Crippen LogP) is 3.35. The topological polar surface area (TPSA) is 17.1 Å². The Morgan fingerprint density at radius 3 is 1.71 bits per heavy atom. The third kappa shape index (κ3) is 3.25. The number of benzene rings is 2. The van der Waals surface area contributed by atoms with Gasteiger partial charge < -0.3 is 0 Å². The zero-order valence-electron chi connectivity index (χ0n) is 9.24. The van der Waals surface area contributed by atoms with Crippen LogP contribution in [-0.4, -0.2) is 4.40 Å². The van der Waals surface area contributed by atoms with Crippen LogP contribution in [0.3, 0.4) is 0 Å². The molecule has 0 heterocycles. The monoisotopic (exact) mass is 392 g/mol. The number of hydrogen-bond donors (Lipinski definition) is 0. The van der Waals surface area contributed by atoms with Gasteiger partial charge in [-0.2, -0.15) is 0 Å². The fourth-order valence-corrected chi connectivity index (χ4v) is 2.38. The molecule has 17 heavy (non-hydrogen) atoms. The van der Waals surface area contributed by atoms with E-state index in [0.717, 1.165) is 16.7 Å². The van der Waals surface area contributed by atoms with E-state index < -0.39 is 18.1 Å². The van der Waals surface area contributed by atoms with Crippen LogP contribution in [0.1, 0.15) is 11.1 Å². The molecule has 0 spiro atoms. The summed E-state index contributed by atoms with van der Waals surface area (Å²) in [5, 5.41) is 0. The average Bonchev–Trinajstić information content (AvgIpc) is 2.42. The number of allylic oxidation sites excluding steroid dienone is 1. The summed E-state index contributed by atoms with van der Waals surface area (Å²) in [5.41, 5.74) is 3.44. The molecule has 0 unspecified atom stereocenters. The second kappa shape index (κ2) is 6.32. The third-order valence-corrected chi connectivity index (χ3v) is 3.35. The van der Waals surface area contributed by atoms with E-state index >= 15 is 0 Å². The zero-order valence-corrected chi connectivity index (χ0v) is 12.2. The van der Waals surface area contributed by atoms with Crippen LogP contribution in [0.15, 0.2) is 66.7 Å². The molecule has 0 fully saturated rings. The van der Waals surface area contributed by atoms with Gasteiger partial charge in [-0.05, 0) is 0 Å². The van der Waals surface area contributed by atoms with Crippen molar-refractivity contribution >= 4 is 9.97 Å². The van der Waals surface area contributed by atoms with Gasteiger partial charge in [0, 0.05) is 0 Å². The van der Waals surface area contributed by atoms with Crippen LogP contribution in [0.25, 0.3) is 5.57 Å². The summed E-state index contributed by atoms with van der Waals surface area (Å²) in [5.74, 6) is 0. The van der Waals surface area contributed by atoms with Gasteiger partial charge in [-0.15, -0.1) is 0 Å². The molecule has 0 saturated carbocycles. The first-order chi connectivity index (χ1) is 8.42. The standard InChI is InChI=1S/C15H12.O.W/c1-2-15(13-9-5-3-6-10-13)14-11-7-4-8-12-14;;/h1-12H;;. The fraction of sp³-hybridized carbons (Fsp3) is 0. The van der Waals surface area contributed by atoms with Crippen molar-refractivity contribution in [2.45, 2.75) is 0 Å². The van der Waals surface area contributed by atoms with E-state index in [-0.39, 0.29) is 0 Å². The van der Waals surface area contributed by atoms with Crippen LogP contribution in [0.4, 0.5) is 0 Å². The van der Waals surface area contributed by atoms with Crippen molar-refractivity contribution in [1.82, 2.24) is 0 Å². The molecule has 0 bridgehead atoms. The van der Waals surface area contributed by atoms with Gasteiger partial charge in [0.1, 0.15) is 0 Å². The van der Waals surface area contributed by atoms with E-state index in [1.807, 2.05) is 46.9 Å². The van der Waals surface area contributed by atoms with E-state index in [9.17, 15) is 3.40 Å². The van der Waals surface area contributed by atoms with Crippen molar-refractivity contribution in [1.29, 1.82) is 0 Å². The Bertz CT molecular complexity index is 510. The Kier molecular flexibility index (Phi) is 4.46. The third-order valence-electron chi connectivity index (χ3n) is 2.46. The van der Waals surface area contributed by atoms with Crippen LogP contribution >= 0.6 is 0 Å². The molecule has 0 saturated heterocycles. The average molecular weight is 392 g/mol. The molecule has 1 nitrogen and oxygen atoms in total. The Hall–Kier alpha value is -1.46. The second-order valence-corrected chi connectivity index (χ2v) is 5.21. The van der Waals surface area contributed by atoms with Gasteiger partial charge in [-0.25, -0.2) is 0 Å². The van der Waals surface area contributed by atoms with Crippen LogP contribution in [0, 0.1) is 0 Å². The summed E-state index contributed by atoms with van der Waals surface area (Å²) >= 11 is -1.51. The Morgan fingerprint density at radius 2 is 1.29 bits per heavy atom. The van der Waals surface area contributed by atoms with Crippen molar-refractivity contribution in [3.8, 4) is 0 Å². The molecule has 0 aromatic heterocycles. The molecule has 0 aliphatic rings. The second-order valence-electron chi connectivity index (χ2n) is 3.54. The molecule has 0 aliphatic heterocycles. The molecular weight excluding hydrogens is 380 g/mol. The van der Waals surface area contributed by atoms with Crippen molar-refractivity contribution in [3.63, 3.8) is 0 Å². The Labute approximate surface area is 109 Å². The van der Waals surface area contributed by atoms with Gasteiger partial charge >= 0.3 is 109 Å². The molecule has 2 heteroatoms. The van der Waals surface area contributed by atoms with Crippen LogP contribution in [-0.2, 0) is 21.5 Å². The quantitative estimate of drug-likeness (QED) is 0.784. The predicted molar refractivity (Wildman–Crippen MR) is 66.7 cm³/mol. The van der Waals surface area contributed by atoms with E-state index in [0.29, 0.717) is 0 Å². The first-order valence-electron chi connectivity index (χ1n) is 5.35. The van der Waals surface area contributed by atoms with Crippen LogP contribution in [0.5, 0.6) is 0 Å². The molecule has 0 aliphatic carbocycles. The van der Waals surface area contributed by atoms with E-state index in [4.69, 9.17) is 0 Å². The first-order valence-corrected chi connectivity index (χ1v) is 8.24. The van der Waals surface area contributed by atoms with Crippen molar-refractivity contribution in [2.24, 2.45) is 0 Å². The van der Waals surface area contributed by atoms with Gasteiger partial charge in [0.15, 0.2) is 0 Å². The van der Waals surface area contributed by atoms with E-state index in [1.54, 1.807) is 0 Å². The molecular formula is C15H12OW. The molecule has 84 valence electrons. The van der Waals surface area contributed by atoms with E-state index in [1.165, 1.54) is 0 Å². The normalized spacial score (nSPS) is 9.41. The molecule has 2 aromatic rings. The van der Waals surface area contributed by atoms with Crippen molar-refractivity contribution in [2.75, 3.05) is 0 Å². The first kappa shape index (κ1) is 12.0. The summed E-state index contributed by atoms with van der Waals surface area (Å²) in [4.78, 5) is 0. The molecule has 0 radical (unpaired) electrons. The van der Waals surface area contributed by atoms with Gasteiger partial charge in [0.2, 0.25) is 0 Å². The summed E-state index contributed by atoms with van der Waals surface area (Å²) in [7, 11) is 0. The minimum absolute atomic E-state index is 1.13. The molecule has 0 atom stereocenters. The minimum atomic E-state index is -1.51. The van der Waals surface area contributed by atoms with Gasteiger partial charge in [0.05, 0.1) is 0 Å². The maximum atomic E-state index is 10.8. The molecule has 0 amide bonds. The van der Waals surface area contributed by atoms with Gasteiger partial charge in [-0.3, -0.25) is 0 Å². The van der Waals surface area contributed by atoms with Gasteiger partial charge in [0.25, 0.3) is 0 Å². The van der Waals surface area contributed by atoms with E-state index in [2.05, 4.69) is 24.3 Å². The SMILES string of the molecule is [O]=[W]=[CH]C=C(c1ccccc1)c1ccccc1. The summed E-state index contributed by atoms with van der Waals surface area (Å²) < 4.78 is 12.6. The molecule has 0 N–H and O–H groups in total. The fourth-order valence-electron chi connectivity index (χ4n) is 1.69. The Morgan fingerprint density at radius 1 is 0.824 bits per heavy atom. The number of rotatable bonds is 3. The van der Waals surface area contributed by atoms with Crippen LogP contribution in [0.2, 0.25) is 0 Å². The molecule has 2 aromatic carbocycles. The molecule has 2 rings (SSSR count). The zero-order chi connectivity index (χ0) is 11.9. The Balaban J connectivity index is 2.51. The van der Waals surface area contributed by atoms with Crippen molar-refractivity contribution in [3.05, 3.63) is 77.9 Å². The number of hydrogen-bond acceptors (Lipinski definition) is 1. The van der Waals surface area contributed by atoms with Crippen LogP contribution < -0.4 is 0 Å².